The average Bonchev–Trinajstić information content (AvgIpc) is 1.55. The van der Waals surface area contributed by atoms with Gasteiger partial charge in [0.25, 0.3) is 0 Å². The summed E-state index contributed by atoms with van der Waals surface area (Å²) in [5.74, 6) is -2.01. The van der Waals surface area contributed by atoms with Crippen LogP contribution in [0.5, 0.6) is 0 Å². The lowest BCUT2D eigenvalue weighted by molar-refractivity contribution is 0.397. The summed E-state index contributed by atoms with van der Waals surface area (Å²) in [5.41, 5.74) is 6.30. The van der Waals surface area contributed by atoms with E-state index in [0.717, 1.165) is 48.3 Å². The first-order valence-electron chi connectivity index (χ1n) is 44.5. The molecule has 0 saturated carbocycles. The molecule has 4 aromatic heterocycles. The summed E-state index contributed by atoms with van der Waals surface area (Å²) in [6.45, 7) is 13.0. The van der Waals surface area contributed by atoms with Crippen molar-refractivity contribution in [3.05, 3.63) is 104 Å². The van der Waals surface area contributed by atoms with Crippen molar-refractivity contribution in [2.24, 2.45) is 0 Å². The van der Waals surface area contributed by atoms with E-state index < -0.39 is 23.3 Å². The number of fused-ring (bicyclic) bond motifs is 6. The van der Waals surface area contributed by atoms with Gasteiger partial charge < -0.3 is 0 Å². The van der Waals surface area contributed by atoms with E-state index in [0.29, 0.717) is 16.0 Å². The first-order chi connectivity index (χ1) is 51.0. The van der Waals surface area contributed by atoms with Gasteiger partial charge in [-0.3, -0.25) is 0 Å². The number of unbranched alkanes of at least 4 members (excludes halogenated alkanes) is 52. The Morgan fingerprint density at radius 1 is 0.231 bits per heavy atom. The molecule has 582 valence electrons. The van der Waals surface area contributed by atoms with E-state index in [1.54, 1.807) is 46.1 Å². The predicted octanol–water partition coefficient (Wildman–Crippen LogP) is 36.1. The molecule has 104 heavy (non-hydrogen) atoms. The van der Waals surface area contributed by atoms with E-state index in [-0.39, 0.29) is 22.0 Å². The molecular formula is C96H146F4S4. The Bertz CT molecular complexity index is 3180. The van der Waals surface area contributed by atoms with E-state index in [1.165, 1.54) is 412 Å². The zero-order valence-electron chi connectivity index (χ0n) is 67.2. The van der Waals surface area contributed by atoms with Gasteiger partial charge in [0.2, 0.25) is 0 Å². The van der Waals surface area contributed by atoms with Gasteiger partial charge in [0.05, 0.1) is 5.56 Å². The minimum atomic E-state index is -0.519. The summed E-state index contributed by atoms with van der Waals surface area (Å²) >= 11 is 6.84. The number of thiophene rings is 4. The maximum absolute atomic E-state index is 17.7. The molecule has 2 aromatic carbocycles. The van der Waals surface area contributed by atoms with Gasteiger partial charge in [0.15, 0.2) is 0 Å². The van der Waals surface area contributed by atoms with Crippen LogP contribution in [0.25, 0.3) is 50.8 Å². The van der Waals surface area contributed by atoms with Crippen molar-refractivity contribution in [1.29, 1.82) is 0 Å². The van der Waals surface area contributed by atoms with Crippen LogP contribution in [0, 0.1) is 37.1 Å². The molecule has 8 rings (SSSR count). The van der Waals surface area contributed by atoms with Gasteiger partial charge in [-0.25, -0.2) is 17.6 Å². The molecule has 0 unspecified atom stereocenters. The van der Waals surface area contributed by atoms with E-state index in [1.807, 2.05) is 11.3 Å². The van der Waals surface area contributed by atoms with Crippen molar-refractivity contribution in [2.75, 3.05) is 0 Å². The fourth-order valence-electron chi connectivity index (χ4n) is 18.0. The second-order valence-electron chi connectivity index (χ2n) is 33.1. The number of benzene rings is 2. The van der Waals surface area contributed by atoms with E-state index in [4.69, 9.17) is 0 Å². The lowest BCUT2D eigenvalue weighted by atomic mass is 9.71. The normalized spacial score (nSPS) is 13.4. The highest BCUT2D eigenvalue weighted by Gasteiger charge is 2.47. The molecule has 0 bridgehead atoms. The average molecular weight is 1500 g/mol. The number of aryl methyl sites for hydroxylation is 1. The summed E-state index contributed by atoms with van der Waals surface area (Å²) in [5, 5.41) is 0. The Balaban J connectivity index is 1.01. The summed E-state index contributed by atoms with van der Waals surface area (Å²) in [7, 11) is 0. The fourth-order valence-corrected chi connectivity index (χ4v) is 23.3. The Hall–Kier alpha value is -3.04. The van der Waals surface area contributed by atoms with Crippen molar-refractivity contribution < 1.29 is 17.6 Å². The molecule has 0 radical (unpaired) electrons. The zero-order chi connectivity index (χ0) is 73.5. The maximum atomic E-state index is 17.7. The van der Waals surface area contributed by atoms with E-state index >= 15 is 17.6 Å². The lowest BCUT2D eigenvalue weighted by Gasteiger charge is -2.31. The second kappa shape index (κ2) is 49.3. The van der Waals surface area contributed by atoms with Crippen LogP contribution in [0.3, 0.4) is 0 Å². The first-order valence-corrected chi connectivity index (χ1v) is 47.8. The summed E-state index contributed by atoms with van der Waals surface area (Å²) in [6.07, 6.45) is 78.3. The van der Waals surface area contributed by atoms with Gasteiger partial charge in [-0.05, 0) is 121 Å². The number of hydrogen-bond donors (Lipinski definition) is 0. The lowest BCUT2D eigenvalue weighted by Crippen LogP contribution is -2.25. The van der Waals surface area contributed by atoms with E-state index in [2.05, 4.69) is 58.9 Å². The molecule has 2 aliphatic carbocycles. The van der Waals surface area contributed by atoms with Crippen LogP contribution in [0.1, 0.15) is 446 Å². The predicted molar refractivity (Wildman–Crippen MR) is 456 cm³/mol. The van der Waals surface area contributed by atoms with Gasteiger partial charge in [-0.1, -0.05) is 387 Å². The topological polar surface area (TPSA) is 0 Å². The quantitative estimate of drug-likeness (QED) is 0.0264. The molecular weight excluding hydrogens is 1360 g/mol. The number of rotatable bonds is 63. The number of hydrogen-bond acceptors (Lipinski definition) is 4. The van der Waals surface area contributed by atoms with Gasteiger partial charge in [-0.15, -0.1) is 45.3 Å². The van der Waals surface area contributed by atoms with Crippen molar-refractivity contribution in [3.8, 4) is 50.8 Å². The van der Waals surface area contributed by atoms with Crippen molar-refractivity contribution >= 4 is 45.3 Å². The summed E-state index contributed by atoms with van der Waals surface area (Å²) < 4.78 is 66.3. The molecule has 6 aromatic rings. The SMILES string of the molecule is CCCCCCCCCCCCCCCCC1(CCCCCCCCCCCCCCCC)c2cc(-c3cc(F)c(C)c(F)c3)sc2-c2sc(-c3cc(F)c(-c4cc5c(s4)-c4sc(C)cc4C5(CCCCCCCCCCCCCCCC)CCCCCCCCCCCCCCCC)c(F)c3)cc21. The van der Waals surface area contributed by atoms with Crippen molar-refractivity contribution in [1.82, 2.24) is 0 Å². The molecule has 0 fully saturated rings. The number of halogens is 4. The molecule has 0 aliphatic heterocycles. The van der Waals surface area contributed by atoms with Crippen LogP contribution in [-0.4, -0.2) is 0 Å². The largest absolute Gasteiger partial charge is 0.207 e. The van der Waals surface area contributed by atoms with E-state index in [9.17, 15) is 0 Å². The molecule has 8 heteroatoms. The zero-order valence-corrected chi connectivity index (χ0v) is 70.5. The Morgan fingerprint density at radius 3 is 0.692 bits per heavy atom. The first kappa shape index (κ1) is 86.6. The Kier molecular flexibility index (Phi) is 41.0. The minimum absolute atomic E-state index is 0.0484. The maximum Gasteiger partial charge on any atom is 0.135 e. The van der Waals surface area contributed by atoms with Crippen LogP contribution < -0.4 is 0 Å². The molecule has 0 spiro atoms. The van der Waals surface area contributed by atoms with Gasteiger partial charge in [-0.2, -0.15) is 0 Å². The molecule has 4 heterocycles. The molecule has 2 aliphatic rings. The third-order valence-electron chi connectivity index (χ3n) is 24.5. The monoisotopic (exact) mass is 1500 g/mol. The molecule has 0 saturated heterocycles. The highest BCUT2D eigenvalue weighted by Crippen LogP contribution is 2.63. The Morgan fingerprint density at radius 2 is 0.433 bits per heavy atom. The molecule has 0 N–H and O–H groups in total. The third kappa shape index (κ3) is 26.6. The van der Waals surface area contributed by atoms with Gasteiger partial charge >= 0.3 is 0 Å². The fraction of sp³-hybridized carbons (Fsp3) is 0.708. The van der Waals surface area contributed by atoms with Crippen LogP contribution in [0.15, 0.2) is 48.5 Å². The molecule has 0 nitrogen and oxygen atoms in total. The second-order valence-corrected chi connectivity index (χ2v) is 37.5. The molecule has 0 amide bonds. The van der Waals surface area contributed by atoms with Crippen LogP contribution in [0.4, 0.5) is 17.6 Å². The van der Waals surface area contributed by atoms with Gasteiger partial charge in [0.1, 0.15) is 23.3 Å². The third-order valence-corrected chi connectivity index (χ3v) is 29.4. The standard InChI is InChI=1S/C96H146F4S4/c1-7-11-15-19-23-27-31-35-39-43-47-51-55-59-63-95(64-60-56-52-48-44-40-36-32-28-24-20-16-12-8-2)79-67-75(5)101-91(79)92-82(95)74-89(104-92)90-85(99)70-78(71-86(90)100)88-73-81-94(103-88)93-80(72-87(102-93)77-68-83(97)76(6)84(98)69-77)96(81,65-61-57-53-49-45-41-37-33-29-25-21-17-13-9-3)66-62-58-54-50-46-42-38-34-30-26-22-18-14-10-4/h67-74H,7-66H2,1-6H3. The van der Waals surface area contributed by atoms with Crippen molar-refractivity contribution in [2.45, 2.75) is 438 Å². The highest BCUT2D eigenvalue weighted by molar-refractivity contribution is 7.26. The van der Waals surface area contributed by atoms with Crippen LogP contribution in [-0.2, 0) is 10.8 Å². The minimum Gasteiger partial charge on any atom is -0.207 e. The van der Waals surface area contributed by atoms with Crippen molar-refractivity contribution in [3.63, 3.8) is 0 Å². The molecule has 0 atom stereocenters. The summed E-state index contributed by atoms with van der Waals surface area (Å²) in [6, 6.07) is 15.7. The van der Waals surface area contributed by atoms with Crippen LogP contribution in [0.2, 0.25) is 0 Å². The van der Waals surface area contributed by atoms with Crippen LogP contribution >= 0.6 is 45.3 Å². The summed E-state index contributed by atoms with van der Waals surface area (Å²) in [4.78, 5) is 8.76. The Labute approximate surface area is 651 Å². The highest BCUT2D eigenvalue weighted by atomic mass is 32.1. The smallest absolute Gasteiger partial charge is 0.135 e. The van der Waals surface area contributed by atoms with Gasteiger partial charge in [0, 0.05) is 55.4 Å².